The minimum atomic E-state index is -0.982. The quantitative estimate of drug-likeness (QED) is 0.449. The first kappa shape index (κ1) is 12.5. The van der Waals surface area contributed by atoms with Gasteiger partial charge >= 0.3 is 0 Å². The molecule has 0 N–H and O–H groups in total. The van der Waals surface area contributed by atoms with Gasteiger partial charge in [-0.15, -0.1) is 4.31 Å². The summed E-state index contributed by atoms with van der Waals surface area (Å²) in [6.07, 6.45) is 2.16. The molecule has 1 aliphatic carbocycles. The van der Waals surface area contributed by atoms with E-state index in [1.54, 1.807) is 0 Å². The van der Waals surface area contributed by atoms with E-state index in [-0.39, 0.29) is 0 Å². The Labute approximate surface area is 121 Å². The van der Waals surface area contributed by atoms with Crippen LogP contribution < -0.4 is 0 Å². The molecule has 0 aromatic heterocycles. The van der Waals surface area contributed by atoms with Crippen LogP contribution in [0.3, 0.4) is 0 Å². The van der Waals surface area contributed by atoms with Crippen molar-refractivity contribution in [3.05, 3.63) is 30.3 Å². The van der Waals surface area contributed by atoms with E-state index in [9.17, 15) is 4.55 Å². The summed E-state index contributed by atoms with van der Waals surface area (Å²) in [4.78, 5) is 1.92. The van der Waals surface area contributed by atoms with Gasteiger partial charge in [-0.25, -0.2) is 0 Å². The number of nitrogens with zero attached hydrogens (tertiary/aromatic N) is 1. The Morgan fingerprint density at radius 2 is 1.59 bits per heavy atom. The number of hydrogen-bond donors (Lipinski definition) is 0. The van der Waals surface area contributed by atoms with Crippen molar-refractivity contribution in [2.24, 2.45) is 0 Å². The zero-order chi connectivity index (χ0) is 12.0. The largest absolute Gasteiger partial charge is 0.593 e. The van der Waals surface area contributed by atoms with E-state index in [2.05, 4.69) is 36.2 Å². The van der Waals surface area contributed by atoms with Gasteiger partial charge in [0.25, 0.3) is 0 Å². The Morgan fingerprint density at radius 3 is 2.12 bits per heavy atom. The smallest absolute Gasteiger partial charge is 0.174 e. The van der Waals surface area contributed by atoms with Gasteiger partial charge in [0.05, 0.1) is 23.4 Å². The van der Waals surface area contributed by atoms with Crippen LogP contribution in [0.5, 0.6) is 0 Å². The maximum Gasteiger partial charge on any atom is 0.174 e. The van der Waals surface area contributed by atoms with Gasteiger partial charge in [0.15, 0.2) is 4.90 Å². The molecular weight excluding hydrogens is 366 g/mol. The summed E-state index contributed by atoms with van der Waals surface area (Å²) in [5, 5.41) is 0. The topological polar surface area (TPSA) is 26.1 Å². The Bertz CT molecular complexity index is 389. The normalized spacial score (nSPS) is 41.7. The number of benzene rings is 1. The Balaban J connectivity index is 1.72. The Kier molecular flexibility index (Phi) is 3.56. The molecule has 1 saturated carbocycles. The van der Waals surface area contributed by atoms with E-state index in [1.807, 2.05) is 30.3 Å². The fourth-order valence-corrected chi connectivity index (χ4v) is 5.21. The van der Waals surface area contributed by atoms with Gasteiger partial charge < -0.3 is 4.55 Å². The molecule has 17 heavy (non-hydrogen) atoms. The standard InChI is InChI=1S/C12H13Br2NOS/c13-9-6-11-12(7-10(9)14)15(11)17(16)8-4-2-1-3-5-8/h1-5,9-12H,6-7H2/t9-,10-,11-,12+,15?,17?/m0/s1. The molecule has 0 bridgehead atoms. The van der Waals surface area contributed by atoms with Crippen LogP contribution in [0, 0.1) is 0 Å². The molecule has 1 aliphatic heterocycles. The van der Waals surface area contributed by atoms with Crippen LogP contribution in [-0.2, 0) is 11.4 Å². The number of rotatable bonds is 2. The lowest BCUT2D eigenvalue weighted by atomic mass is 10.0. The molecule has 0 radical (unpaired) electrons. The minimum absolute atomic E-state index is 0.495. The average Bonchev–Trinajstić information content (AvgIpc) is 3.02. The lowest BCUT2D eigenvalue weighted by Gasteiger charge is -2.18. The van der Waals surface area contributed by atoms with Crippen molar-refractivity contribution in [1.29, 1.82) is 0 Å². The number of alkyl halides is 2. The van der Waals surface area contributed by atoms with Crippen molar-refractivity contribution >= 4 is 43.2 Å². The van der Waals surface area contributed by atoms with Crippen LogP contribution in [-0.4, -0.2) is 30.6 Å². The molecule has 2 unspecified atom stereocenters. The molecule has 5 heteroatoms. The zero-order valence-electron chi connectivity index (χ0n) is 9.13. The highest BCUT2D eigenvalue weighted by atomic mass is 79.9. The fourth-order valence-electron chi connectivity index (χ4n) is 2.49. The van der Waals surface area contributed by atoms with Crippen molar-refractivity contribution in [2.75, 3.05) is 0 Å². The van der Waals surface area contributed by atoms with Crippen molar-refractivity contribution < 1.29 is 4.55 Å². The van der Waals surface area contributed by atoms with Gasteiger partial charge in [-0.2, -0.15) is 0 Å². The zero-order valence-corrected chi connectivity index (χ0v) is 13.1. The predicted molar refractivity (Wildman–Crippen MR) is 76.9 cm³/mol. The molecule has 1 saturated heterocycles. The molecule has 1 heterocycles. The highest BCUT2D eigenvalue weighted by Crippen LogP contribution is 2.48. The summed E-state index contributed by atoms with van der Waals surface area (Å²) in [6.45, 7) is 0. The van der Waals surface area contributed by atoms with Crippen LogP contribution in [0.1, 0.15) is 12.8 Å². The summed E-state index contributed by atoms with van der Waals surface area (Å²) in [5.74, 6) is 0. The summed E-state index contributed by atoms with van der Waals surface area (Å²) < 4.78 is 14.5. The second-order valence-electron chi connectivity index (χ2n) is 4.56. The van der Waals surface area contributed by atoms with Gasteiger partial charge in [-0.1, -0.05) is 50.1 Å². The maximum atomic E-state index is 12.4. The lowest BCUT2D eigenvalue weighted by molar-refractivity contribution is 0.544. The van der Waals surface area contributed by atoms with Crippen molar-refractivity contribution in [3.63, 3.8) is 0 Å². The van der Waals surface area contributed by atoms with E-state index in [0.29, 0.717) is 21.7 Å². The third-order valence-corrected chi connectivity index (χ3v) is 7.80. The van der Waals surface area contributed by atoms with Gasteiger partial charge in [-0.3, -0.25) is 0 Å². The first-order valence-corrected chi connectivity index (χ1v) is 8.65. The van der Waals surface area contributed by atoms with Crippen molar-refractivity contribution in [2.45, 2.75) is 39.5 Å². The van der Waals surface area contributed by atoms with Gasteiger partial charge in [0.1, 0.15) is 0 Å². The molecule has 6 atom stereocenters. The van der Waals surface area contributed by atoms with Crippen LogP contribution in [0.15, 0.2) is 35.2 Å². The molecule has 2 aliphatic rings. The third kappa shape index (κ3) is 2.32. The Hall–Kier alpha value is 0.450. The highest BCUT2D eigenvalue weighted by molar-refractivity contribution is 9.12. The Morgan fingerprint density at radius 1 is 1.06 bits per heavy atom. The van der Waals surface area contributed by atoms with Crippen LogP contribution in [0.2, 0.25) is 0 Å². The van der Waals surface area contributed by atoms with Gasteiger partial charge in [-0.05, 0) is 25.0 Å². The van der Waals surface area contributed by atoms with Crippen LogP contribution in [0.4, 0.5) is 0 Å². The molecule has 1 aromatic carbocycles. The number of halogens is 2. The maximum absolute atomic E-state index is 12.4. The predicted octanol–water partition coefficient (Wildman–Crippen LogP) is 3.08. The molecule has 2 nitrogen and oxygen atoms in total. The van der Waals surface area contributed by atoms with E-state index >= 15 is 0 Å². The third-order valence-electron chi connectivity index (χ3n) is 3.47. The van der Waals surface area contributed by atoms with Gasteiger partial charge in [0, 0.05) is 9.65 Å². The summed E-state index contributed by atoms with van der Waals surface area (Å²) in [6, 6.07) is 10.7. The molecule has 3 rings (SSSR count). The van der Waals surface area contributed by atoms with E-state index in [1.165, 1.54) is 0 Å². The average molecular weight is 379 g/mol. The fraction of sp³-hybridized carbons (Fsp3) is 0.500. The van der Waals surface area contributed by atoms with E-state index in [0.717, 1.165) is 17.7 Å². The van der Waals surface area contributed by atoms with Crippen LogP contribution in [0.25, 0.3) is 0 Å². The second kappa shape index (κ2) is 4.85. The SMILES string of the molecule is [O-][S+](c1ccccc1)N1[C@@H]2C[C@H](Br)[C@@H](Br)C[C@@H]21. The van der Waals surface area contributed by atoms with Crippen molar-refractivity contribution in [3.8, 4) is 0 Å². The first-order chi connectivity index (χ1) is 8.18. The van der Waals surface area contributed by atoms with E-state index < -0.39 is 11.4 Å². The molecule has 2 fully saturated rings. The first-order valence-electron chi connectivity index (χ1n) is 5.72. The second-order valence-corrected chi connectivity index (χ2v) is 8.30. The van der Waals surface area contributed by atoms with Gasteiger partial charge in [0.2, 0.25) is 0 Å². The number of fused-ring (bicyclic) bond motifs is 1. The van der Waals surface area contributed by atoms with Crippen molar-refractivity contribution in [1.82, 2.24) is 4.31 Å². The van der Waals surface area contributed by atoms with Crippen LogP contribution >= 0.6 is 31.9 Å². The summed E-state index contributed by atoms with van der Waals surface area (Å²) >= 11 is 6.38. The molecule has 1 aromatic rings. The van der Waals surface area contributed by atoms with E-state index in [4.69, 9.17) is 0 Å². The highest BCUT2D eigenvalue weighted by Gasteiger charge is 2.60. The summed E-state index contributed by atoms with van der Waals surface area (Å²) in [7, 11) is 0. The summed E-state index contributed by atoms with van der Waals surface area (Å²) in [5.41, 5.74) is 0. The monoisotopic (exact) mass is 377 g/mol. The molecule has 92 valence electrons. The molecule has 0 spiro atoms. The lowest BCUT2D eigenvalue weighted by Crippen LogP contribution is -2.24. The molecule has 0 amide bonds. The number of hydrogen-bond acceptors (Lipinski definition) is 2. The molecular formula is C12H13Br2NOS. The minimum Gasteiger partial charge on any atom is -0.593 e.